The quantitative estimate of drug-likeness (QED) is 0.852. The van der Waals surface area contributed by atoms with E-state index in [4.69, 9.17) is 4.74 Å². The normalized spacial score (nSPS) is 14.0. The standard InChI is InChI=1S/C16H15FN2O2/c1-10-5-7-18-9-13(10)19-8-6-11-12(17)3-4-14(21-2)15(11)16(19)20/h3-5,7,9H,6,8H2,1-2H3. The van der Waals surface area contributed by atoms with E-state index in [1.165, 1.54) is 19.2 Å². The second-order valence-corrected chi connectivity index (χ2v) is 4.97. The third-order valence-corrected chi connectivity index (χ3v) is 3.78. The van der Waals surface area contributed by atoms with Gasteiger partial charge < -0.3 is 9.64 Å². The van der Waals surface area contributed by atoms with Crippen molar-refractivity contribution in [3.63, 3.8) is 0 Å². The molecule has 2 heterocycles. The number of halogens is 1. The van der Waals surface area contributed by atoms with Gasteiger partial charge in [-0.3, -0.25) is 9.78 Å². The molecule has 2 aromatic rings. The van der Waals surface area contributed by atoms with Crippen LogP contribution in [0.1, 0.15) is 21.5 Å². The molecule has 0 aliphatic carbocycles. The van der Waals surface area contributed by atoms with Crippen molar-refractivity contribution < 1.29 is 13.9 Å². The van der Waals surface area contributed by atoms with Crippen molar-refractivity contribution in [3.8, 4) is 5.75 Å². The maximum absolute atomic E-state index is 13.9. The summed E-state index contributed by atoms with van der Waals surface area (Å²) in [6, 6.07) is 4.68. The maximum atomic E-state index is 13.9. The zero-order valence-corrected chi connectivity index (χ0v) is 11.9. The highest BCUT2D eigenvalue weighted by Crippen LogP contribution is 2.33. The average Bonchev–Trinajstić information content (AvgIpc) is 2.49. The number of rotatable bonds is 2. The summed E-state index contributed by atoms with van der Waals surface area (Å²) in [6.45, 7) is 2.35. The summed E-state index contributed by atoms with van der Waals surface area (Å²) >= 11 is 0. The number of hydrogen-bond donors (Lipinski definition) is 0. The minimum Gasteiger partial charge on any atom is -0.496 e. The van der Waals surface area contributed by atoms with Crippen LogP contribution < -0.4 is 9.64 Å². The summed E-state index contributed by atoms with van der Waals surface area (Å²) in [5, 5.41) is 0. The van der Waals surface area contributed by atoms with Gasteiger partial charge in [0.15, 0.2) is 0 Å². The molecular weight excluding hydrogens is 271 g/mol. The van der Waals surface area contributed by atoms with Crippen LogP contribution in [0.15, 0.2) is 30.6 Å². The summed E-state index contributed by atoms with van der Waals surface area (Å²) in [4.78, 5) is 18.5. The van der Waals surface area contributed by atoms with E-state index in [0.717, 1.165) is 11.3 Å². The molecule has 0 fully saturated rings. The number of aryl methyl sites for hydroxylation is 1. The van der Waals surface area contributed by atoms with Crippen LogP contribution >= 0.6 is 0 Å². The van der Waals surface area contributed by atoms with Crippen molar-refractivity contribution in [2.75, 3.05) is 18.6 Å². The molecule has 5 heteroatoms. The van der Waals surface area contributed by atoms with Crippen molar-refractivity contribution >= 4 is 11.6 Å². The van der Waals surface area contributed by atoms with Crippen LogP contribution in [-0.2, 0) is 6.42 Å². The van der Waals surface area contributed by atoms with E-state index in [1.807, 2.05) is 13.0 Å². The molecule has 0 unspecified atom stereocenters. The van der Waals surface area contributed by atoms with Crippen LogP contribution in [0.5, 0.6) is 5.75 Å². The SMILES string of the molecule is COc1ccc(F)c2c1C(=O)N(c1cnccc1C)CC2. The fourth-order valence-electron chi connectivity index (χ4n) is 2.68. The Kier molecular flexibility index (Phi) is 3.33. The van der Waals surface area contributed by atoms with Gasteiger partial charge in [-0.15, -0.1) is 0 Å². The number of ether oxygens (including phenoxy) is 1. The van der Waals surface area contributed by atoms with E-state index < -0.39 is 0 Å². The Bertz CT molecular complexity index is 715. The highest BCUT2D eigenvalue weighted by Gasteiger charge is 2.31. The van der Waals surface area contributed by atoms with Gasteiger partial charge in [-0.25, -0.2) is 4.39 Å². The van der Waals surface area contributed by atoms with Gasteiger partial charge in [0.1, 0.15) is 11.6 Å². The molecule has 21 heavy (non-hydrogen) atoms. The maximum Gasteiger partial charge on any atom is 0.262 e. The molecule has 1 aliphatic rings. The van der Waals surface area contributed by atoms with Gasteiger partial charge >= 0.3 is 0 Å². The van der Waals surface area contributed by atoms with Crippen molar-refractivity contribution in [2.45, 2.75) is 13.3 Å². The van der Waals surface area contributed by atoms with Crippen LogP contribution in [0.3, 0.4) is 0 Å². The molecule has 0 N–H and O–H groups in total. The minimum absolute atomic E-state index is 0.247. The molecule has 3 rings (SSSR count). The van der Waals surface area contributed by atoms with Crippen molar-refractivity contribution in [1.29, 1.82) is 0 Å². The molecule has 108 valence electrons. The van der Waals surface area contributed by atoms with Gasteiger partial charge in [-0.1, -0.05) is 0 Å². The number of pyridine rings is 1. The van der Waals surface area contributed by atoms with Gasteiger partial charge in [-0.2, -0.15) is 0 Å². The lowest BCUT2D eigenvalue weighted by Gasteiger charge is -2.30. The van der Waals surface area contributed by atoms with E-state index >= 15 is 0 Å². The zero-order chi connectivity index (χ0) is 15.0. The molecule has 0 radical (unpaired) electrons. The number of fused-ring (bicyclic) bond motifs is 1. The summed E-state index contributed by atoms with van der Waals surface area (Å²) in [6.07, 6.45) is 3.80. The molecule has 0 saturated carbocycles. The Morgan fingerprint density at radius 1 is 1.33 bits per heavy atom. The summed E-state index contributed by atoms with van der Waals surface area (Å²) in [7, 11) is 1.48. The first-order valence-corrected chi connectivity index (χ1v) is 6.71. The molecule has 1 aromatic carbocycles. The molecule has 0 spiro atoms. The van der Waals surface area contributed by atoms with Crippen molar-refractivity contribution in [3.05, 3.63) is 53.1 Å². The van der Waals surface area contributed by atoms with Gasteiger partial charge in [0, 0.05) is 18.3 Å². The number of hydrogen-bond acceptors (Lipinski definition) is 3. The number of methoxy groups -OCH3 is 1. The molecule has 0 atom stereocenters. The minimum atomic E-state index is -0.360. The fraction of sp³-hybridized carbons (Fsp3) is 0.250. The topological polar surface area (TPSA) is 42.4 Å². The van der Waals surface area contributed by atoms with E-state index in [9.17, 15) is 9.18 Å². The van der Waals surface area contributed by atoms with Crippen LogP contribution in [0.25, 0.3) is 0 Å². The van der Waals surface area contributed by atoms with E-state index in [-0.39, 0.29) is 11.7 Å². The van der Waals surface area contributed by atoms with Crippen LogP contribution in [-0.4, -0.2) is 24.5 Å². The first-order chi connectivity index (χ1) is 10.1. The first kappa shape index (κ1) is 13.5. The predicted molar refractivity (Wildman–Crippen MR) is 77.3 cm³/mol. The Morgan fingerprint density at radius 3 is 2.86 bits per heavy atom. The van der Waals surface area contributed by atoms with E-state index in [1.54, 1.807) is 17.3 Å². The second kappa shape index (κ2) is 5.16. The lowest BCUT2D eigenvalue weighted by atomic mass is 9.96. The van der Waals surface area contributed by atoms with Crippen LogP contribution in [0, 0.1) is 12.7 Å². The van der Waals surface area contributed by atoms with Gasteiger partial charge in [0.2, 0.25) is 0 Å². The fourth-order valence-corrected chi connectivity index (χ4v) is 2.68. The smallest absolute Gasteiger partial charge is 0.262 e. The van der Waals surface area contributed by atoms with Gasteiger partial charge in [0.25, 0.3) is 5.91 Å². The van der Waals surface area contributed by atoms with Crippen molar-refractivity contribution in [2.24, 2.45) is 0 Å². The number of benzene rings is 1. The molecule has 0 bridgehead atoms. The molecule has 1 amide bonds. The lowest BCUT2D eigenvalue weighted by molar-refractivity contribution is 0.0976. The monoisotopic (exact) mass is 286 g/mol. The molecule has 1 aliphatic heterocycles. The largest absolute Gasteiger partial charge is 0.496 e. The summed E-state index contributed by atoms with van der Waals surface area (Å²) in [5.41, 5.74) is 2.45. The van der Waals surface area contributed by atoms with E-state index in [2.05, 4.69) is 4.98 Å². The van der Waals surface area contributed by atoms with Gasteiger partial charge in [-0.05, 0) is 37.1 Å². The molecular formula is C16H15FN2O2. The summed E-state index contributed by atoms with van der Waals surface area (Å²) < 4.78 is 19.2. The predicted octanol–water partition coefficient (Wildman–Crippen LogP) is 2.74. The Morgan fingerprint density at radius 2 is 2.14 bits per heavy atom. The third kappa shape index (κ3) is 2.14. The van der Waals surface area contributed by atoms with Crippen molar-refractivity contribution in [1.82, 2.24) is 4.98 Å². The van der Waals surface area contributed by atoms with Gasteiger partial charge in [0.05, 0.1) is 24.6 Å². The number of aromatic nitrogens is 1. The summed E-state index contributed by atoms with van der Waals surface area (Å²) in [5.74, 6) is -0.201. The highest BCUT2D eigenvalue weighted by atomic mass is 19.1. The average molecular weight is 286 g/mol. The van der Waals surface area contributed by atoms with E-state index in [0.29, 0.717) is 29.8 Å². The highest BCUT2D eigenvalue weighted by molar-refractivity contribution is 6.10. The second-order valence-electron chi connectivity index (χ2n) is 4.97. The number of amides is 1. The third-order valence-electron chi connectivity index (χ3n) is 3.78. The Labute approximate surface area is 122 Å². The van der Waals surface area contributed by atoms with Crippen LogP contribution in [0.2, 0.25) is 0 Å². The number of carbonyl (C=O) groups excluding carboxylic acids is 1. The zero-order valence-electron chi connectivity index (χ0n) is 11.9. The molecule has 0 saturated heterocycles. The molecule has 1 aromatic heterocycles. The molecule has 4 nitrogen and oxygen atoms in total. The van der Waals surface area contributed by atoms with Crippen LogP contribution in [0.4, 0.5) is 10.1 Å². The lowest BCUT2D eigenvalue weighted by Crippen LogP contribution is -2.38. The number of anilines is 1. The number of carbonyl (C=O) groups is 1. The Balaban J connectivity index is 2.11. The first-order valence-electron chi connectivity index (χ1n) is 6.71. The number of nitrogens with zero attached hydrogens (tertiary/aromatic N) is 2. The Hall–Kier alpha value is -2.43.